The summed E-state index contributed by atoms with van der Waals surface area (Å²) in [6.45, 7) is 5.92. The van der Waals surface area contributed by atoms with E-state index in [2.05, 4.69) is 6.58 Å². The maximum absolute atomic E-state index is 11.4. The van der Waals surface area contributed by atoms with Gasteiger partial charge in [-0.1, -0.05) is 31.7 Å². The Balaban J connectivity index is 2.44. The van der Waals surface area contributed by atoms with Crippen molar-refractivity contribution in [2.45, 2.75) is 19.4 Å². The van der Waals surface area contributed by atoms with Crippen LogP contribution in [-0.4, -0.2) is 5.97 Å². The van der Waals surface area contributed by atoms with Crippen molar-refractivity contribution in [3.05, 3.63) is 47.5 Å². The summed E-state index contributed by atoms with van der Waals surface area (Å²) in [6, 6.07) is 7.47. The minimum absolute atomic E-state index is 0.233. The van der Waals surface area contributed by atoms with Crippen LogP contribution in [0.3, 0.4) is 0 Å². The van der Waals surface area contributed by atoms with Gasteiger partial charge in [0.2, 0.25) is 0 Å². The molecule has 0 spiro atoms. The number of carbonyl (C=O) groups excluding carboxylic acids is 1. The Labute approximate surface area is 83.2 Å². The third-order valence-corrected chi connectivity index (χ3v) is 2.51. The van der Waals surface area contributed by atoms with E-state index in [1.165, 1.54) is 0 Å². The van der Waals surface area contributed by atoms with Crippen molar-refractivity contribution in [3.63, 3.8) is 0 Å². The predicted octanol–water partition coefficient (Wildman–Crippen LogP) is 2.86. The van der Waals surface area contributed by atoms with Crippen molar-refractivity contribution in [2.24, 2.45) is 0 Å². The Morgan fingerprint density at radius 1 is 1.50 bits per heavy atom. The van der Waals surface area contributed by atoms with Crippen molar-refractivity contribution < 1.29 is 9.53 Å². The zero-order valence-electron chi connectivity index (χ0n) is 8.12. The van der Waals surface area contributed by atoms with Gasteiger partial charge in [0.1, 0.15) is 6.10 Å². The van der Waals surface area contributed by atoms with Gasteiger partial charge in [-0.05, 0) is 18.1 Å². The van der Waals surface area contributed by atoms with Crippen LogP contribution in [0.15, 0.2) is 36.4 Å². The number of hydrogen-bond donors (Lipinski definition) is 0. The average molecular weight is 188 g/mol. The number of cyclic esters (lactones) is 1. The Hall–Kier alpha value is -1.57. The van der Waals surface area contributed by atoms with E-state index in [9.17, 15) is 4.79 Å². The molecule has 1 aromatic rings. The van der Waals surface area contributed by atoms with Crippen molar-refractivity contribution >= 4 is 5.97 Å². The standard InChI is InChI=1S/C12H12O2/c1-3-8(2)11-9-6-4-5-7-10(9)12(13)14-11/h4-7,11H,2-3H2,1H3. The number of fused-ring (bicyclic) bond motifs is 1. The Bertz CT molecular complexity index is 393. The van der Waals surface area contributed by atoms with Gasteiger partial charge in [-0.3, -0.25) is 0 Å². The van der Waals surface area contributed by atoms with Gasteiger partial charge in [-0.2, -0.15) is 0 Å². The molecule has 0 aromatic heterocycles. The fourth-order valence-corrected chi connectivity index (χ4v) is 1.63. The highest BCUT2D eigenvalue weighted by Gasteiger charge is 2.31. The first-order valence-electron chi connectivity index (χ1n) is 4.71. The maximum Gasteiger partial charge on any atom is 0.339 e. The zero-order valence-corrected chi connectivity index (χ0v) is 8.12. The summed E-state index contributed by atoms with van der Waals surface area (Å²) in [5.41, 5.74) is 2.57. The zero-order chi connectivity index (χ0) is 10.1. The molecule has 0 aliphatic carbocycles. The molecule has 0 saturated carbocycles. The second-order valence-electron chi connectivity index (χ2n) is 3.38. The minimum atomic E-state index is -0.236. The molecule has 0 N–H and O–H groups in total. The molecule has 2 nitrogen and oxygen atoms in total. The lowest BCUT2D eigenvalue weighted by molar-refractivity contribution is 0.0446. The highest BCUT2D eigenvalue weighted by Crippen LogP contribution is 2.35. The van der Waals surface area contributed by atoms with E-state index in [0.29, 0.717) is 5.56 Å². The second-order valence-corrected chi connectivity index (χ2v) is 3.38. The van der Waals surface area contributed by atoms with Gasteiger partial charge in [0.05, 0.1) is 5.56 Å². The van der Waals surface area contributed by atoms with E-state index in [0.717, 1.165) is 17.6 Å². The summed E-state index contributed by atoms with van der Waals surface area (Å²) >= 11 is 0. The van der Waals surface area contributed by atoms with Crippen LogP contribution in [0, 0.1) is 0 Å². The van der Waals surface area contributed by atoms with Crippen LogP contribution in [0.2, 0.25) is 0 Å². The summed E-state index contributed by atoms with van der Waals surface area (Å²) in [6.07, 6.45) is 0.593. The molecule has 1 atom stereocenters. The van der Waals surface area contributed by atoms with Crippen molar-refractivity contribution in [2.75, 3.05) is 0 Å². The van der Waals surface area contributed by atoms with Crippen molar-refractivity contribution in [1.82, 2.24) is 0 Å². The molecule has 1 aromatic carbocycles. The maximum atomic E-state index is 11.4. The molecule has 0 bridgehead atoms. The molecule has 14 heavy (non-hydrogen) atoms. The van der Waals surface area contributed by atoms with Crippen molar-refractivity contribution in [3.8, 4) is 0 Å². The third-order valence-electron chi connectivity index (χ3n) is 2.51. The molecule has 0 radical (unpaired) electrons. The molecule has 0 fully saturated rings. The van der Waals surface area contributed by atoms with E-state index < -0.39 is 0 Å². The molecule has 0 amide bonds. The van der Waals surface area contributed by atoms with Gasteiger partial charge >= 0.3 is 5.97 Å². The number of rotatable bonds is 2. The summed E-state index contributed by atoms with van der Waals surface area (Å²) in [5.74, 6) is -0.236. The molecular formula is C12H12O2. The van der Waals surface area contributed by atoms with Crippen molar-refractivity contribution in [1.29, 1.82) is 0 Å². The Morgan fingerprint density at radius 2 is 2.21 bits per heavy atom. The lowest BCUT2D eigenvalue weighted by Gasteiger charge is -2.11. The quantitative estimate of drug-likeness (QED) is 0.527. The van der Waals surface area contributed by atoms with Gasteiger partial charge in [0, 0.05) is 5.56 Å². The highest BCUT2D eigenvalue weighted by molar-refractivity contribution is 5.94. The first kappa shape index (κ1) is 9.00. The van der Waals surface area contributed by atoms with Gasteiger partial charge in [0.25, 0.3) is 0 Å². The third kappa shape index (κ3) is 1.23. The van der Waals surface area contributed by atoms with E-state index >= 15 is 0 Å². The van der Waals surface area contributed by atoms with Gasteiger partial charge in [-0.15, -0.1) is 0 Å². The normalized spacial score (nSPS) is 18.9. The monoisotopic (exact) mass is 188 g/mol. The van der Waals surface area contributed by atoms with Crippen LogP contribution in [0.4, 0.5) is 0 Å². The van der Waals surface area contributed by atoms with E-state index in [4.69, 9.17) is 4.74 Å². The number of carbonyl (C=O) groups is 1. The average Bonchev–Trinajstić information content (AvgIpc) is 2.56. The van der Waals surface area contributed by atoms with Gasteiger partial charge in [-0.25, -0.2) is 4.79 Å². The van der Waals surface area contributed by atoms with Crippen LogP contribution in [0.1, 0.15) is 35.4 Å². The largest absolute Gasteiger partial charge is 0.449 e. The number of ether oxygens (including phenoxy) is 1. The molecule has 2 heteroatoms. The topological polar surface area (TPSA) is 26.3 Å². The summed E-state index contributed by atoms with van der Waals surface area (Å²) < 4.78 is 5.25. The summed E-state index contributed by atoms with van der Waals surface area (Å²) in [5, 5.41) is 0. The van der Waals surface area contributed by atoms with Crippen LogP contribution in [0.25, 0.3) is 0 Å². The van der Waals surface area contributed by atoms with E-state index in [1.807, 2.05) is 25.1 Å². The van der Waals surface area contributed by atoms with Gasteiger partial charge in [0.15, 0.2) is 0 Å². The molecule has 1 heterocycles. The second kappa shape index (κ2) is 3.29. The Kier molecular flexibility index (Phi) is 2.12. The lowest BCUT2D eigenvalue weighted by atomic mass is 9.99. The van der Waals surface area contributed by atoms with Crippen LogP contribution < -0.4 is 0 Å². The van der Waals surface area contributed by atoms with Crippen LogP contribution in [-0.2, 0) is 4.74 Å². The fraction of sp³-hybridized carbons (Fsp3) is 0.250. The fourth-order valence-electron chi connectivity index (χ4n) is 1.63. The first-order valence-corrected chi connectivity index (χ1v) is 4.71. The summed E-state index contributed by atoms with van der Waals surface area (Å²) in [7, 11) is 0. The van der Waals surface area contributed by atoms with Gasteiger partial charge < -0.3 is 4.74 Å². The molecule has 0 saturated heterocycles. The molecule has 72 valence electrons. The number of benzene rings is 1. The molecule has 2 rings (SSSR count). The number of esters is 1. The van der Waals surface area contributed by atoms with Crippen LogP contribution in [0.5, 0.6) is 0 Å². The van der Waals surface area contributed by atoms with Crippen LogP contribution >= 0.6 is 0 Å². The van der Waals surface area contributed by atoms with E-state index in [-0.39, 0.29) is 12.1 Å². The first-order chi connectivity index (χ1) is 6.74. The Morgan fingerprint density at radius 3 is 2.93 bits per heavy atom. The SMILES string of the molecule is C=C(CC)C1OC(=O)c2ccccc21. The van der Waals surface area contributed by atoms with E-state index in [1.54, 1.807) is 6.07 Å². The minimum Gasteiger partial charge on any atom is -0.449 e. The molecular weight excluding hydrogens is 176 g/mol. The molecule has 1 aliphatic rings. The predicted molar refractivity (Wildman–Crippen MR) is 54.0 cm³/mol. The summed E-state index contributed by atoms with van der Waals surface area (Å²) in [4.78, 5) is 11.4. The highest BCUT2D eigenvalue weighted by atomic mass is 16.5. The smallest absolute Gasteiger partial charge is 0.339 e. The molecule has 1 unspecified atom stereocenters. The molecule has 1 aliphatic heterocycles. The lowest BCUT2D eigenvalue weighted by Crippen LogP contribution is -2.00. The number of hydrogen-bond acceptors (Lipinski definition) is 2.